The monoisotopic (exact) mass is 301 g/mol. The van der Waals surface area contributed by atoms with Crippen LogP contribution in [0.4, 0.5) is 18.9 Å². The Kier molecular flexibility index (Phi) is 4.46. The third-order valence-electron chi connectivity index (χ3n) is 3.29. The van der Waals surface area contributed by atoms with Crippen LogP contribution in [0.15, 0.2) is 12.1 Å². The topological polar surface area (TPSA) is 61.4 Å². The van der Waals surface area contributed by atoms with Crippen molar-refractivity contribution in [3.05, 3.63) is 29.6 Å². The van der Waals surface area contributed by atoms with Crippen molar-refractivity contribution in [1.82, 2.24) is 10.2 Å². The number of halogens is 3. The molecule has 1 saturated heterocycles. The van der Waals surface area contributed by atoms with Crippen molar-refractivity contribution in [3.8, 4) is 0 Å². The highest BCUT2D eigenvalue weighted by Crippen LogP contribution is 2.20. The first-order valence-corrected chi connectivity index (χ1v) is 6.35. The van der Waals surface area contributed by atoms with E-state index in [1.165, 1.54) is 0 Å². The Morgan fingerprint density at radius 2 is 2.05 bits per heavy atom. The zero-order valence-electron chi connectivity index (χ0n) is 11.3. The second-order valence-electron chi connectivity index (χ2n) is 4.71. The number of carbonyl (C=O) groups excluding carboxylic acids is 2. The molecule has 1 fully saturated rings. The van der Waals surface area contributed by atoms with Crippen LogP contribution in [0.25, 0.3) is 0 Å². The summed E-state index contributed by atoms with van der Waals surface area (Å²) in [6, 6.07) is 0.970. The Morgan fingerprint density at radius 3 is 2.71 bits per heavy atom. The lowest BCUT2D eigenvalue weighted by molar-refractivity contribution is -0.127. The van der Waals surface area contributed by atoms with Gasteiger partial charge in [0.15, 0.2) is 17.5 Å². The van der Waals surface area contributed by atoms with Gasteiger partial charge in [0.1, 0.15) is 0 Å². The second-order valence-corrected chi connectivity index (χ2v) is 4.71. The van der Waals surface area contributed by atoms with Gasteiger partial charge in [0.25, 0.3) is 0 Å². The minimum absolute atomic E-state index is 0.0504. The van der Waals surface area contributed by atoms with Crippen molar-refractivity contribution in [3.63, 3.8) is 0 Å². The van der Waals surface area contributed by atoms with E-state index in [9.17, 15) is 22.8 Å². The number of hydrogen-bond donors (Lipinski definition) is 2. The highest BCUT2D eigenvalue weighted by molar-refractivity contribution is 5.95. The van der Waals surface area contributed by atoms with E-state index in [4.69, 9.17) is 0 Å². The van der Waals surface area contributed by atoms with Gasteiger partial charge in [0.2, 0.25) is 11.8 Å². The third-order valence-corrected chi connectivity index (χ3v) is 3.29. The second kappa shape index (κ2) is 6.13. The lowest BCUT2D eigenvalue weighted by Gasteiger charge is -2.31. The third kappa shape index (κ3) is 3.33. The Morgan fingerprint density at radius 1 is 1.33 bits per heavy atom. The molecular formula is C13H14F3N3O2. The van der Waals surface area contributed by atoms with Crippen molar-refractivity contribution >= 4 is 17.5 Å². The average Bonchev–Trinajstić information content (AvgIpc) is 2.47. The molecule has 0 bridgehead atoms. The van der Waals surface area contributed by atoms with Gasteiger partial charge in [0, 0.05) is 13.1 Å². The molecule has 114 valence electrons. The van der Waals surface area contributed by atoms with Gasteiger partial charge in [-0.2, -0.15) is 0 Å². The Labute approximate surface area is 119 Å². The molecule has 1 heterocycles. The predicted octanol–water partition coefficient (Wildman–Crippen LogP) is 0.863. The molecule has 2 N–H and O–H groups in total. The van der Waals surface area contributed by atoms with Gasteiger partial charge in [-0.25, -0.2) is 13.2 Å². The number of nitrogens with zero attached hydrogens (tertiary/aromatic N) is 1. The maximum atomic E-state index is 13.5. The predicted molar refractivity (Wildman–Crippen MR) is 69.0 cm³/mol. The van der Waals surface area contributed by atoms with Gasteiger partial charge in [-0.05, 0) is 19.1 Å². The maximum absolute atomic E-state index is 13.5. The number of benzene rings is 1. The van der Waals surface area contributed by atoms with Crippen LogP contribution >= 0.6 is 0 Å². The number of hydrogen-bond acceptors (Lipinski definition) is 3. The van der Waals surface area contributed by atoms with Crippen molar-refractivity contribution in [2.75, 3.05) is 25.0 Å². The summed E-state index contributed by atoms with van der Waals surface area (Å²) in [6.07, 6.45) is 0. The molecule has 0 radical (unpaired) electrons. The van der Waals surface area contributed by atoms with Crippen LogP contribution in [0.2, 0.25) is 0 Å². The summed E-state index contributed by atoms with van der Waals surface area (Å²) in [5.41, 5.74) is -0.438. The van der Waals surface area contributed by atoms with Crippen LogP contribution in [0.3, 0.4) is 0 Å². The number of amides is 2. The summed E-state index contributed by atoms with van der Waals surface area (Å²) < 4.78 is 39.4. The summed E-state index contributed by atoms with van der Waals surface area (Å²) in [7, 11) is 0. The molecule has 0 aromatic heterocycles. The standard InChI is InChI=1S/C13H14F3N3O2/c1-7(19-5-4-17-10(20)6-19)13(21)18-9-3-2-8(14)11(15)12(9)16/h2-3,7H,4-6H2,1H3,(H,17,20)(H,18,21)/t7-/m1/s1. The fraction of sp³-hybridized carbons (Fsp3) is 0.385. The lowest BCUT2D eigenvalue weighted by Crippen LogP contribution is -2.53. The highest BCUT2D eigenvalue weighted by Gasteiger charge is 2.27. The largest absolute Gasteiger partial charge is 0.354 e. The Balaban J connectivity index is 2.07. The van der Waals surface area contributed by atoms with Gasteiger partial charge >= 0.3 is 0 Å². The van der Waals surface area contributed by atoms with Gasteiger partial charge in [-0.15, -0.1) is 0 Å². The summed E-state index contributed by atoms with van der Waals surface area (Å²) in [6.45, 7) is 2.48. The van der Waals surface area contributed by atoms with Crippen molar-refractivity contribution in [1.29, 1.82) is 0 Å². The zero-order chi connectivity index (χ0) is 15.6. The SMILES string of the molecule is C[C@H](C(=O)Nc1ccc(F)c(F)c1F)N1CCNC(=O)C1. The van der Waals surface area contributed by atoms with Crippen LogP contribution in [0.5, 0.6) is 0 Å². The molecule has 5 nitrogen and oxygen atoms in total. The van der Waals surface area contributed by atoms with Crippen molar-refractivity contribution in [2.45, 2.75) is 13.0 Å². The van der Waals surface area contributed by atoms with E-state index in [1.54, 1.807) is 11.8 Å². The molecule has 0 spiro atoms. The van der Waals surface area contributed by atoms with E-state index in [0.717, 1.165) is 12.1 Å². The fourth-order valence-corrected chi connectivity index (χ4v) is 2.01. The number of rotatable bonds is 3. The molecule has 0 aliphatic carbocycles. The molecule has 21 heavy (non-hydrogen) atoms. The minimum Gasteiger partial charge on any atom is -0.354 e. The van der Waals surface area contributed by atoms with Crippen LogP contribution in [-0.2, 0) is 9.59 Å². The van der Waals surface area contributed by atoms with E-state index < -0.39 is 35.1 Å². The van der Waals surface area contributed by atoms with Crippen LogP contribution < -0.4 is 10.6 Å². The van der Waals surface area contributed by atoms with Crippen molar-refractivity contribution < 1.29 is 22.8 Å². The molecule has 1 aliphatic heterocycles. The van der Waals surface area contributed by atoms with E-state index in [0.29, 0.717) is 13.1 Å². The molecule has 8 heteroatoms. The first-order valence-electron chi connectivity index (χ1n) is 6.35. The number of piperazine rings is 1. The molecule has 1 aliphatic rings. The zero-order valence-corrected chi connectivity index (χ0v) is 11.3. The van der Waals surface area contributed by atoms with Gasteiger partial charge < -0.3 is 10.6 Å². The Bertz CT molecular complexity index is 580. The quantitative estimate of drug-likeness (QED) is 0.814. The molecule has 1 aromatic rings. The number of nitrogens with one attached hydrogen (secondary N) is 2. The smallest absolute Gasteiger partial charge is 0.241 e. The van der Waals surface area contributed by atoms with Gasteiger partial charge in [-0.1, -0.05) is 0 Å². The fourth-order valence-electron chi connectivity index (χ4n) is 2.01. The number of carbonyl (C=O) groups is 2. The number of anilines is 1. The first-order chi connectivity index (χ1) is 9.90. The van der Waals surface area contributed by atoms with Crippen molar-refractivity contribution in [2.24, 2.45) is 0 Å². The van der Waals surface area contributed by atoms with Crippen LogP contribution in [0.1, 0.15) is 6.92 Å². The maximum Gasteiger partial charge on any atom is 0.241 e. The lowest BCUT2D eigenvalue weighted by atomic mass is 10.2. The molecule has 1 aromatic carbocycles. The summed E-state index contributed by atoms with van der Waals surface area (Å²) in [4.78, 5) is 24.9. The van der Waals surface area contributed by atoms with Gasteiger partial charge in [-0.3, -0.25) is 14.5 Å². The molecule has 1 atom stereocenters. The molecular weight excluding hydrogens is 287 g/mol. The Hall–Kier alpha value is -2.09. The van der Waals surface area contributed by atoms with Crippen LogP contribution in [0, 0.1) is 17.5 Å². The minimum atomic E-state index is -1.64. The molecule has 0 saturated carbocycles. The van der Waals surface area contributed by atoms with E-state index >= 15 is 0 Å². The van der Waals surface area contributed by atoms with E-state index in [2.05, 4.69) is 10.6 Å². The summed E-state index contributed by atoms with van der Waals surface area (Å²) in [5.74, 6) is -5.23. The first kappa shape index (κ1) is 15.3. The highest BCUT2D eigenvalue weighted by atomic mass is 19.2. The van der Waals surface area contributed by atoms with E-state index in [-0.39, 0.29) is 12.5 Å². The van der Waals surface area contributed by atoms with Crippen LogP contribution in [-0.4, -0.2) is 42.4 Å². The van der Waals surface area contributed by atoms with E-state index in [1.807, 2.05) is 0 Å². The summed E-state index contributed by atoms with van der Waals surface area (Å²) in [5, 5.41) is 4.81. The van der Waals surface area contributed by atoms with Gasteiger partial charge in [0.05, 0.1) is 18.3 Å². The summed E-state index contributed by atoms with van der Waals surface area (Å²) >= 11 is 0. The average molecular weight is 301 g/mol. The molecule has 2 amide bonds. The normalized spacial score (nSPS) is 17.2. The molecule has 2 rings (SSSR count). The molecule has 0 unspecified atom stereocenters.